The van der Waals surface area contributed by atoms with Crippen LogP contribution in [-0.4, -0.2) is 53.4 Å². The number of rotatable bonds is 12. The van der Waals surface area contributed by atoms with Crippen molar-refractivity contribution in [2.75, 3.05) is 13.2 Å². The molecule has 4 aliphatic rings. The number of ether oxygens (including phenoxy) is 3. The summed E-state index contributed by atoms with van der Waals surface area (Å²) in [4.78, 5) is 0. The van der Waals surface area contributed by atoms with Gasteiger partial charge in [-0.2, -0.15) is 0 Å². The van der Waals surface area contributed by atoms with E-state index in [1.807, 2.05) is 30.3 Å². The molecular formula is C55H66O5SSi2. The van der Waals surface area contributed by atoms with E-state index < -0.39 is 16.6 Å². The second-order valence-electron chi connectivity index (χ2n) is 21.0. The lowest BCUT2D eigenvalue weighted by Crippen LogP contribution is -2.68. The maximum atomic E-state index is 7.96. The van der Waals surface area contributed by atoms with Gasteiger partial charge >= 0.3 is 5.24 Å². The Hall–Kier alpha value is -3.90. The number of benzene rings is 5. The van der Waals surface area contributed by atoms with Crippen LogP contribution >= 0.6 is 12.2 Å². The summed E-state index contributed by atoms with van der Waals surface area (Å²) in [5.41, 5.74) is 0. The molecule has 0 N–H and O–H groups in total. The maximum Gasteiger partial charge on any atom is 0.358 e. The van der Waals surface area contributed by atoms with Crippen LogP contribution in [0.5, 0.6) is 5.75 Å². The average molecular weight is 895 g/mol. The largest absolute Gasteiger partial charge is 0.453 e. The van der Waals surface area contributed by atoms with E-state index in [1.165, 1.54) is 33.6 Å². The minimum atomic E-state index is -2.93. The van der Waals surface area contributed by atoms with Gasteiger partial charge in [0.15, 0.2) is 0 Å². The lowest BCUT2D eigenvalue weighted by molar-refractivity contribution is -0.103. The van der Waals surface area contributed by atoms with Crippen molar-refractivity contribution in [3.05, 3.63) is 152 Å². The SMILES string of the molecule is CC(C)(C)[Si](OC[C@H]1C[C@@H]2C[C@H]3C[C@H]4O[C@H]4C[C@H]3C[C@@H]2[C@H](OC(=S)Oc2ccccc2)[C@@H]1CO[Si](c1ccccc1)(c1ccccc1)C(C)(C)C)(c1ccccc1)c1ccccc1. The van der Waals surface area contributed by atoms with Crippen LogP contribution in [0.15, 0.2) is 152 Å². The topological polar surface area (TPSA) is 49.5 Å². The highest BCUT2D eigenvalue weighted by Crippen LogP contribution is 2.57. The van der Waals surface area contributed by atoms with Crippen molar-refractivity contribution in [2.45, 2.75) is 102 Å². The molecule has 1 saturated heterocycles. The van der Waals surface area contributed by atoms with E-state index in [2.05, 4.69) is 163 Å². The standard InChI is InChI=1S/C55H66O5SSi2/c1-54(2,3)62(44-24-14-8-15-25-44,45-26-16-9-17-27-45)56-37-42-33-41-32-39-35-50-51(59-50)36-40(39)34-48(41)52(60-53(61)58-43-22-12-7-13-23-43)49(42)38-57-63(55(4,5)6,46-28-18-10-19-29-46)47-30-20-11-21-31-47/h7-31,39-42,48-52H,32-38H2,1-6H3/t39-,40+,41-,42+,48-,49+,50+,51-,52-/m0/s1. The van der Waals surface area contributed by atoms with Gasteiger partial charge in [-0.3, -0.25) is 0 Å². The van der Waals surface area contributed by atoms with Gasteiger partial charge < -0.3 is 23.1 Å². The Labute approximate surface area is 384 Å². The summed E-state index contributed by atoms with van der Waals surface area (Å²) in [5.74, 6) is 2.86. The van der Waals surface area contributed by atoms with E-state index >= 15 is 0 Å². The zero-order valence-electron chi connectivity index (χ0n) is 38.0. The molecule has 1 heterocycles. The van der Waals surface area contributed by atoms with Crippen LogP contribution in [0.3, 0.4) is 0 Å². The lowest BCUT2D eigenvalue weighted by Gasteiger charge is -2.54. The van der Waals surface area contributed by atoms with Crippen molar-refractivity contribution < 1.29 is 23.1 Å². The van der Waals surface area contributed by atoms with E-state index in [9.17, 15) is 0 Å². The van der Waals surface area contributed by atoms with Crippen molar-refractivity contribution >= 4 is 54.8 Å². The van der Waals surface area contributed by atoms with Gasteiger partial charge in [0.2, 0.25) is 0 Å². The molecule has 9 atom stereocenters. The van der Waals surface area contributed by atoms with Crippen LogP contribution in [0.4, 0.5) is 0 Å². The van der Waals surface area contributed by atoms with Crippen molar-refractivity contribution in [1.29, 1.82) is 0 Å². The van der Waals surface area contributed by atoms with E-state index in [0.717, 1.165) is 19.3 Å². The van der Waals surface area contributed by atoms with Gasteiger partial charge in [0, 0.05) is 31.3 Å². The van der Waals surface area contributed by atoms with Gasteiger partial charge in [-0.25, -0.2) is 0 Å². The summed E-state index contributed by atoms with van der Waals surface area (Å²) >= 11 is 6.09. The summed E-state index contributed by atoms with van der Waals surface area (Å²) in [7, 11) is -5.81. The Morgan fingerprint density at radius 3 is 1.38 bits per heavy atom. The highest BCUT2D eigenvalue weighted by Gasteiger charge is 2.58. The summed E-state index contributed by atoms with van der Waals surface area (Å²) in [6, 6.07) is 54.1. The number of hydrogen-bond donors (Lipinski definition) is 0. The van der Waals surface area contributed by atoms with E-state index in [4.69, 9.17) is 35.3 Å². The predicted molar refractivity (Wildman–Crippen MR) is 264 cm³/mol. The fourth-order valence-corrected chi connectivity index (χ4v) is 21.8. The van der Waals surface area contributed by atoms with Gasteiger partial charge in [0.25, 0.3) is 16.6 Å². The Balaban J connectivity index is 1.15. The van der Waals surface area contributed by atoms with Gasteiger partial charge in [-0.1, -0.05) is 181 Å². The Morgan fingerprint density at radius 2 is 0.937 bits per heavy atom. The molecule has 1 aliphatic heterocycles. The molecule has 0 radical (unpaired) electrons. The summed E-state index contributed by atoms with van der Waals surface area (Å²) in [5, 5.41) is 4.99. The molecule has 3 aliphatic carbocycles. The van der Waals surface area contributed by atoms with Gasteiger partial charge in [-0.15, -0.1) is 0 Å². The average Bonchev–Trinajstić information content (AvgIpc) is 4.05. The third-order valence-corrected chi connectivity index (χ3v) is 25.5. The van der Waals surface area contributed by atoms with Gasteiger partial charge in [-0.05, 0) is 105 Å². The first-order valence-electron chi connectivity index (χ1n) is 23.5. The minimum absolute atomic E-state index is 0.0199. The number of epoxide rings is 1. The molecule has 5 aromatic rings. The molecule has 330 valence electrons. The highest BCUT2D eigenvalue weighted by atomic mass is 32.1. The molecule has 0 spiro atoms. The van der Waals surface area contributed by atoms with Crippen molar-refractivity contribution in [1.82, 2.24) is 0 Å². The minimum Gasteiger partial charge on any atom is -0.453 e. The third-order valence-electron chi connectivity index (χ3n) is 15.3. The molecule has 0 unspecified atom stereocenters. The maximum absolute atomic E-state index is 7.96. The predicted octanol–water partition coefficient (Wildman–Crippen LogP) is 10.3. The zero-order valence-corrected chi connectivity index (χ0v) is 40.8. The fourth-order valence-electron chi connectivity index (χ4n) is 12.4. The van der Waals surface area contributed by atoms with Crippen molar-refractivity contribution in [3.8, 4) is 5.75 Å². The molecule has 0 amide bonds. The number of hydrogen-bond acceptors (Lipinski definition) is 6. The first-order chi connectivity index (χ1) is 30.4. The third kappa shape index (κ3) is 8.81. The molecule has 63 heavy (non-hydrogen) atoms. The van der Waals surface area contributed by atoms with Crippen LogP contribution in [0.1, 0.15) is 73.6 Å². The van der Waals surface area contributed by atoms with E-state index in [-0.39, 0.29) is 33.3 Å². The zero-order chi connectivity index (χ0) is 43.8. The quantitative estimate of drug-likeness (QED) is 0.0707. The summed E-state index contributed by atoms with van der Waals surface area (Å²) < 4.78 is 35.7. The van der Waals surface area contributed by atoms with Crippen LogP contribution in [0.25, 0.3) is 0 Å². The Kier molecular flexibility index (Phi) is 12.8. The number of thiocarbonyl (C=S) groups is 1. The normalized spacial score (nSPS) is 27.0. The van der Waals surface area contributed by atoms with Crippen molar-refractivity contribution in [3.63, 3.8) is 0 Å². The molecule has 5 aromatic carbocycles. The second-order valence-corrected chi connectivity index (χ2v) is 29.9. The van der Waals surface area contributed by atoms with Gasteiger partial charge in [0.05, 0.1) is 12.2 Å². The first-order valence-corrected chi connectivity index (χ1v) is 27.7. The lowest BCUT2D eigenvalue weighted by atomic mass is 9.55. The first kappa shape index (κ1) is 44.3. The highest BCUT2D eigenvalue weighted by molar-refractivity contribution is 7.79. The summed E-state index contributed by atoms with van der Waals surface area (Å²) in [6.45, 7) is 15.4. The van der Waals surface area contributed by atoms with Crippen LogP contribution in [-0.2, 0) is 18.3 Å². The smallest absolute Gasteiger partial charge is 0.358 e. The Bertz CT molecular complexity index is 2190. The monoisotopic (exact) mass is 894 g/mol. The van der Waals surface area contributed by atoms with Crippen LogP contribution in [0, 0.1) is 35.5 Å². The fraction of sp³-hybridized carbons (Fsp3) is 0.436. The van der Waals surface area contributed by atoms with Crippen LogP contribution in [0.2, 0.25) is 10.1 Å². The van der Waals surface area contributed by atoms with E-state index in [0.29, 0.717) is 54.8 Å². The molecule has 5 nitrogen and oxygen atoms in total. The van der Waals surface area contributed by atoms with Crippen LogP contribution < -0.4 is 25.5 Å². The number of para-hydroxylation sites is 1. The molecular weight excluding hydrogens is 829 g/mol. The van der Waals surface area contributed by atoms with Crippen molar-refractivity contribution in [2.24, 2.45) is 35.5 Å². The second kappa shape index (κ2) is 18.2. The Morgan fingerprint density at radius 1 is 0.524 bits per heavy atom. The molecule has 8 heteroatoms. The number of fused-ring (bicyclic) bond motifs is 3. The summed E-state index contributed by atoms with van der Waals surface area (Å²) in [6.07, 6.45) is 6.35. The van der Waals surface area contributed by atoms with E-state index in [1.54, 1.807) is 0 Å². The molecule has 0 aromatic heterocycles. The molecule has 4 fully saturated rings. The molecule has 9 rings (SSSR count). The van der Waals surface area contributed by atoms with Gasteiger partial charge in [0.1, 0.15) is 11.9 Å². The molecule has 3 saturated carbocycles. The molecule has 0 bridgehead atoms.